The summed E-state index contributed by atoms with van der Waals surface area (Å²) in [6.07, 6.45) is 0. The van der Waals surface area contributed by atoms with Crippen LogP contribution in [-0.4, -0.2) is 10.3 Å². The van der Waals surface area contributed by atoms with E-state index in [1.165, 1.54) is 11.5 Å². The molecular weight excluding hydrogens is 198 g/mol. The normalized spacial score (nSPS) is 9.71. The fourth-order valence-corrected chi connectivity index (χ4v) is 1.42. The number of hydrogen-bond acceptors (Lipinski definition) is 4. The molecule has 1 heterocycles. The molecule has 1 aromatic carbocycles. The van der Waals surface area contributed by atoms with Crippen LogP contribution in [0.2, 0.25) is 0 Å². The first-order valence-electron chi connectivity index (χ1n) is 4.04. The van der Waals surface area contributed by atoms with Crippen LogP contribution in [0, 0.1) is 0 Å². The first kappa shape index (κ1) is 8.90. The van der Waals surface area contributed by atoms with Gasteiger partial charge in [-0.05, 0) is 23.7 Å². The smallest absolute Gasteiger partial charge is 0.344 e. The molecule has 14 heavy (non-hydrogen) atoms. The van der Waals surface area contributed by atoms with Crippen molar-refractivity contribution in [3.05, 3.63) is 47.3 Å². The van der Waals surface area contributed by atoms with E-state index in [4.69, 9.17) is 4.74 Å². The van der Waals surface area contributed by atoms with E-state index in [1.54, 1.807) is 35.7 Å². The predicted molar refractivity (Wildman–Crippen MR) is 53.5 cm³/mol. The molecule has 0 spiro atoms. The summed E-state index contributed by atoms with van der Waals surface area (Å²) in [5.74, 6) is -0.0275. The van der Waals surface area contributed by atoms with Gasteiger partial charge in [-0.15, -0.1) is 0 Å². The minimum atomic E-state index is -0.378. The second-order valence-corrected chi connectivity index (χ2v) is 3.26. The molecule has 0 radical (unpaired) electrons. The van der Waals surface area contributed by atoms with E-state index < -0.39 is 0 Å². The number of nitrogens with zero attached hydrogens (tertiary/aromatic N) is 1. The molecule has 1 aromatic heterocycles. The summed E-state index contributed by atoms with van der Waals surface area (Å²) in [5.41, 5.74) is 0.528. The Kier molecular flexibility index (Phi) is 2.55. The SMILES string of the molecule is O=C(Oc1ccsn1)c1ccccc1. The molecule has 0 bridgehead atoms. The van der Waals surface area contributed by atoms with Gasteiger partial charge in [0.15, 0.2) is 0 Å². The van der Waals surface area contributed by atoms with Crippen molar-refractivity contribution in [1.82, 2.24) is 4.37 Å². The largest absolute Gasteiger partial charge is 0.403 e. The lowest BCUT2D eigenvalue weighted by molar-refractivity contribution is 0.0729. The number of carbonyl (C=O) groups excluding carboxylic acids is 1. The number of ether oxygens (including phenoxy) is 1. The van der Waals surface area contributed by atoms with Gasteiger partial charge in [0.25, 0.3) is 0 Å². The molecule has 70 valence electrons. The molecule has 0 unspecified atom stereocenters. The summed E-state index contributed by atoms with van der Waals surface area (Å²) in [7, 11) is 0. The molecule has 0 N–H and O–H groups in total. The first-order valence-corrected chi connectivity index (χ1v) is 4.87. The van der Waals surface area contributed by atoms with Crippen molar-refractivity contribution in [2.75, 3.05) is 0 Å². The van der Waals surface area contributed by atoms with Gasteiger partial charge in [0, 0.05) is 11.4 Å². The molecule has 0 atom stereocenters. The summed E-state index contributed by atoms with van der Waals surface area (Å²) in [6.45, 7) is 0. The van der Waals surface area contributed by atoms with Gasteiger partial charge in [0.2, 0.25) is 5.88 Å². The third-order valence-corrected chi connectivity index (χ3v) is 2.16. The lowest BCUT2D eigenvalue weighted by Gasteiger charge is -1.99. The fraction of sp³-hybridized carbons (Fsp3) is 0. The van der Waals surface area contributed by atoms with Gasteiger partial charge < -0.3 is 4.74 Å². The van der Waals surface area contributed by atoms with Gasteiger partial charge >= 0.3 is 5.97 Å². The quantitative estimate of drug-likeness (QED) is 0.706. The van der Waals surface area contributed by atoms with E-state index in [0.717, 1.165) is 0 Å². The van der Waals surface area contributed by atoms with E-state index in [-0.39, 0.29) is 5.97 Å². The number of aromatic nitrogens is 1. The molecule has 4 heteroatoms. The third kappa shape index (κ3) is 1.97. The van der Waals surface area contributed by atoms with Crippen molar-refractivity contribution in [2.45, 2.75) is 0 Å². The molecule has 2 rings (SSSR count). The average molecular weight is 205 g/mol. The summed E-state index contributed by atoms with van der Waals surface area (Å²) < 4.78 is 8.88. The van der Waals surface area contributed by atoms with Crippen LogP contribution in [0.15, 0.2) is 41.8 Å². The van der Waals surface area contributed by atoms with Crippen molar-refractivity contribution in [2.24, 2.45) is 0 Å². The highest BCUT2D eigenvalue weighted by Gasteiger charge is 2.07. The summed E-state index contributed by atoms with van der Waals surface area (Å²) in [6, 6.07) is 10.5. The molecule has 0 aliphatic carbocycles. The van der Waals surface area contributed by atoms with Gasteiger partial charge in [-0.1, -0.05) is 18.2 Å². The zero-order valence-corrected chi connectivity index (χ0v) is 8.03. The highest BCUT2D eigenvalue weighted by molar-refractivity contribution is 7.03. The molecule has 0 amide bonds. The van der Waals surface area contributed by atoms with Crippen LogP contribution in [-0.2, 0) is 0 Å². The Morgan fingerprint density at radius 3 is 2.64 bits per heavy atom. The van der Waals surface area contributed by atoms with Gasteiger partial charge in [0.1, 0.15) is 0 Å². The third-order valence-electron chi connectivity index (χ3n) is 1.62. The summed E-state index contributed by atoms with van der Waals surface area (Å²) in [5, 5.41) is 1.76. The number of hydrogen-bond donors (Lipinski definition) is 0. The average Bonchev–Trinajstić information content (AvgIpc) is 2.72. The van der Waals surface area contributed by atoms with Crippen LogP contribution in [0.5, 0.6) is 5.88 Å². The maximum Gasteiger partial charge on any atom is 0.344 e. The Morgan fingerprint density at radius 2 is 2.00 bits per heavy atom. The Labute approximate surface area is 85.1 Å². The molecule has 0 fully saturated rings. The molecule has 2 aromatic rings. The van der Waals surface area contributed by atoms with Crippen molar-refractivity contribution >= 4 is 17.5 Å². The Hall–Kier alpha value is -1.68. The van der Waals surface area contributed by atoms with Crippen LogP contribution in [0.3, 0.4) is 0 Å². The van der Waals surface area contributed by atoms with E-state index in [9.17, 15) is 4.79 Å². The highest BCUT2D eigenvalue weighted by Crippen LogP contribution is 2.11. The van der Waals surface area contributed by atoms with E-state index in [0.29, 0.717) is 11.4 Å². The standard InChI is InChI=1S/C10H7NO2S/c12-10(8-4-2-1-3-5-8)13-9-6-7-14-11-9/h1-7H. The van der Waals surface area contributed by atoms with Crippen LogP contribution < -0.4 is 4.74 Å². The lowest BCUT2D eigenvalue weighted by Crippen LogP contribution is -2.07. The van der Waals surface area contributed by atoms with Crippen molar-refractivity contribution < 1.29 is 9.53 Å². The van der Waals surface area contributed by atoms with Crippen molar-refractivity contribution in [3.63, 3.8) is 0 Å². The second-order valence-electron chi connectivity index (χ2n) is 2.59. The van der Waals surface area contributed by atoms with Crippen LogP contribution in [0.4, 0.5) is 0 Å². The Balaban J connectivity index is 2.11. The van der Waals surface area contributed by atoms with Gasteiger partial charge in [-0.2, -0.15) is 4.37 Å². The highest BCUT2D eigenvalue weighted by atomic mass is 32.1. The van der Waals surface area contributed by atoms with Crippen LogP contribution in [0.1, 0.15) is 10.4 Å². The van der Waals surface area contributed by atoms with E-state index in [2.05, 4.69) is 4.37 Å². The topological polar surface area (TPSA) is 39.2 Å². The van der Waals surface area contributed by atoms with Gasteiger partial charge in [-0.3, -0.25) is 0 Å². The van der Waals surface area contributed by atoms with E-state index in [1.807, 2.05) is 6.07 Å². The lowest BCUT2D eigenvalue weighted by atomic mass is 10.2. The second kappa shape index (κ2) is 4.02. The summed E-state index contributed by atoms with van der Waals surface area (Å²) >= 11 is 1.25. The molecule has 0 saturated heterocycles. The van der Waals surface area contributed by atoms with Crippen molar-refractivity contribution in [3.8, 4) is 5.88 Å². The van der Waals surface area contributed by atoms with Crippen LogP contribution >= 0.6 is 11.5 Å². The predicted octanol–water partition coefficient (Wildman–Crippen LogP) is 2.36. The molecule has 3 nitrogen and oxygen atoms in total. The maximum absolute atomic E-state index is 11.5. The van der Waals surface area contributed by atoms with Crippen molar-refractivity contribution in [1.29, 1.82) is 0 Å². The van der Waals surface area contributed by atoms with Crippen LogP contribution in [0.25, 0.3) is 0 Å². The zero-order valence-electron chi connectivity index (χ0n) is 7.21. The molecular formula is C10H7NO2S. The summed E-state index contributed by atoms with van der Waals surface area (Å²) in [4.78, 5) is 11.5. The minimum Gasteiger partial charge on any atom is -0.403 e. The Morgan fingerprint density at radius 1 is 1.21 bits per heavy atom. The number of esters is 1. The minimum absolute atomic E-state index is 0.351. The molecule has 0 aliphatic heterocycles. The maximum atomic E-state index is 11.5. The Bertz CT molecular complexity index is 411. The van der Waals surface area contributed by atoms with Gasteiger partial charge in [-0.25, -0.2) is 4.79 Å². The number of carbonyl (C=O) groups is 1. The number of rotatable bonds is 2. The fourth-order valence-electron chi connectivity index (χ4n) is 0.982. The molecule has 0 aliphatic rings. The monoisotopic (exact) mass is 205 g/mol. The zero-order chi connectivity index (χ0) is 9.80. The first-order chi connectivity index (χ1) is 6.86. The van der Waals surface area contributed by atoms with Gasteiger partial charge in [0.05, 0.1) is 5.56 Å². The number of benzene rings is 1. The van der Waals surface area contributed by atoms with E-state index >= 15 is 0 Å². The molecule has 0 saturated carbocycles.